The molecule has 0 aliphatic heterocycles. The molecule has 0 aliphatic carbocycles. The molecule has 0 heterocycles. The van der Waals surface area contributed by atoms with Crippen molar-refractivity contribution in [3.05, 3.63) is 35.9 Å². The fraction of sp³-hybridized carbons (Fsp3) is 0.500. The first-order valence-electron chi connectivity index (χ1n) is 4.76. The monoisotopic (exact) mass is 194 g/mol. The van der Waals surface area contributed by atoms with Gasteiger partial charge in [-0.05, 0) is 24.7 Å². The molecule has 0 radical (unpaired) electrons. The van der Waals surface area contributed by atoms with Gasteiger partial charge in [0.05, 0.1) is 0 Å². The summed E-state index contributed by atoms with van der Waals surface area (Å²) in [5.41, 5.74) is 1.41. The maximum absolute atomic E-state index is 2.28. The van der Waals surface area contributed by atoms with E-state index < -0.39 is 0 Å². The molecule has 0 unspecified atom stereocenters. The molecule has 0 saturated heterocycles. The number of benzene rings is 1. The van der Waals surface area contributed by atoms with E-state index in [-0.39, 0.29) is 4.75 Å². The van der Waals surface area contributed by atoms with Gasteiger partial charge in [-0.3, -0.25) is 0 Å². The molecule has 0 spiro atoms. The molecule has 0 saturated carbocycles. The van der Waals surface area contributed by atoms with Crippen molar-refractivity contribution in [2.75, 3.05) is 0 Å². The standard InChI is InChI=1S/C12H18S/c1-10(2)13-12(3,4)11-8-6-5-7-9-11/h5-10H,1-4H3. The van der Waals surface area contributed by atoms with Crippen molar-refractivity contribution in [3.63, 3.8) is 0 Å². The topological polar surface area (TPSA) is 0 Å². The molecular weight excluding hydrogens is 176 g/mol. The minimum Gasteiger partial charge on any atom is -0.148 e. The van der Waals surface area contributed by atoms with Crippen molar-refractivity contribution in [2.24, 2.45) is 0 Å². The van der Waals surface area contributed by atoms with Crippen LogP contribution in [0.3, 0.4) is 0 Å². The highest BCUT2D eigenvalue weighted by atomic mass is 32.2. The van der Waals surface area contributed by atoms with Gasteiger partial charge < -0.3 is 0 Å². The second kappa shape index (κ2) is 4.19. The third-order valence-corrected chi connectivity index (χ3v) is 3.30. The van der Waals surface area contributed by atoms with E-state index in [9.17, 15) is 0 Å². The highest BCUT2D eigenvalue weighted by Crippen LogP contribution is 2.37. The van der Waals surface area contributed by atoms with Gasteiger partial charge in [-0.1, -0.05) is 44.2 Å². The Balaban J connectivity index is 2.81. The number of hydrogen-bond acceptors (Lipinski definition) is 1. The van der Waals surface area contributed by atoms with Crippen molar-refractivity contribution in [2.45, 2.75) is 37.7 Å². The summed E-state index contributed by atoms with van der Waals surface area (Å²) in [5, 5.41) is 0.676. The number of thioether (sulfide) groups is 1. The molecule has 0 nitrogen and oxygen atoms in total. The quantitative estimate of drug-likeness (QED) is 0.699. The van der Waals surface area contributed by atoms with Gasteiger partial charge in [-0.15, -0.1) is 11.8 Å². The summed E-state index contributed by atoms with van der Waals surface area (Å²) in [6.45, 7) is 9.06. The maximum atomic E-state index is 2.28. The lowest BCUT2D eigenvalue weighted by Gasteiger charge is -2.26. The summed E-state index contributed by atoms with van der Waals surface area (Å²) in [6, 6.07) is 10.7. The lowest BCUT2D eigenvalue weighted by molar-refractivity contribution is 0.775. The summed E-state index contributed by atoms with van der Waals surface area (Å²) in [5.74, 6) is 0. The van der Waals surface area contributed by atoms with E-state index in [1.165, 1.54) is 5.56 Å². The Morgan fingerprint density at radius 2 is 1.62 bits per heavy atom. The van der Waals surface area contributed by atoms with E-state index in [2.05, 4.69) is 58.0 Å². The fourth-order valence-electron chi connectivity index (χ4n) is 1.50. The van der Waals surface area contributed by atoms with Crippen molar-refractivity contribution in [1.29, 1.82) is 0 Å². The Kier molecular flexibility index (Phi) is 3.43. The molecular formula is C12H18S. The van der Waals surface area contributed by atoms with E-state index in [0.29, 0.717) is 5.25 Å². The fourth-order valence-corrected chi connectivity index (χ4v) is 2.95. The van der Waals surface area contributed by atoms with E-state index in [1.807, 2.05) is 11.8 Å². The first-order valence-corrected chi connectivity index (χ1v) is 5.63. The summed E-state index contributed by atoms with van der Waals surface area (Å²) < 4.78 is 0.232. The summed E-state index contributed by atoms with van der Waals surface area (Å²) in [6.07, 6.45) is 0. The van der Waals surface area contributed by atoms with Gasteiger partial charge in [0.1, 0.15) is 0 Å². The Morgan fingerprint density at radius 1 is 1.08 bits per heavy atom. The Hall–Kier alpha value is -0.430. The third-order valence-electron chi connectivity index (χ3n) is 2.00. The first kappa shape index (κ1) is 10.6. The average Bonchev–Trinajstić information content (AvgIpc) is 2.04. The maximum Gasteiger partial charge on any atom is 0.0354 e. The zero-order chi connectivity index (χ0) is 9.90. The molecule has 13 heavy (non-hydrogen) atoms. The Morgan fingerprint density at radius 3 is 2.08 bits per heavy atom. The zero-order valence-corrected chi connectivity index (χ0v) is 9.69. The highest BCUT2D eigenvalue weighted by Gasteiger charge is 2.21. The molecule has 0 aliphatic rings. The molecule has 1 aromatic carbocycles. The summed E-state index contributed by atoms with van der Waals surface area (Å²) in [7, 11) is 0. The predicted octanol–water partition coefficient (Wildman–Crippen LogP) is 4.06. The molecule has 0 atom stereocenters. The average molecular weight is 194 g/mol. The van der Waals surface area contributed by atoms with Gasteiger partial charge in [0.25, 0.3) is 0 Å². The summed E-state index contributed by atoms with van der Waals surface area (Å²) in [4.78, 5) is 0. The largest absolute Gasteiger partial charge is 0.148 e. The van der Waals surface area contributed by atoms with E-state index in [0.717, 1.165) is 0 Å². The van der Waals surface area contributed by atoms with Crippen LogP contribution in [0.25, 0.3) is 0 Å². The van der Waals surface area contributed by atoms with E-state index >= 15 is 0 Å². The number of rotatable bonds is 3. The van der Waals surface area contributed by atoms with Crippen molar-refractivity contribution in [1.82, 2.24) is 0 Å². The van der Waals surface area contributed by atoms with Crippen LogP contribution in [0.5, 0.6) is 0 Å². The zero-order valence-electron chi connectivity index (χ0n) is 8.87. The molecule has 1 aromatic rings. The van der Waals surface area contributed by atoms with Crippen LogP contribution >= 0.6 is 11.8 Å². The van der Waals surface area contributed by atoms with Gasteiger partial charge in [0.15, 0.2) is 0 Å². The lowest BCUT2D eigenvalue weighted by Crippen LogP contribution is -2.14. The molecule has 0 N–H and O–H groups in total. The van der Waals surface area contributed by atoms with Crippen molar-refractivity contribution in [3.8, 4) is 0 Å². The van der Waals surface area contributed by atoms with Crippen molar-refractivity contribution < 1.29 is 0 Å². The molecule has 72 valence electrons. The molecule has 0 bridgehead atoms. The minimum absolute atomic E-state index is 0.232. The summed E-state index contributed by atoms with van der Waals surface area (Å²) >= 11 is 2.01. The second-order valence-electron chi connectivity index (χ2n) is 4.04. The van der Waals surface area contributed by atoms with Gasteiger partial charge in [0, 0.05) is 4.75 Å². The van der Waals surface area contributed by atoms with E-state index in [4.69, 9.17) is 0 Å². The molecule has 0 aromatic heterocycles. The van der Waals surface area contributed by atoms with Gasteiger partial charge >= 0.3 is 0 Å². The normalized spacial score (nSPS) is 12.1. The molecule has 1 rings (SSSR count). The smallest absolute Gasteiger partial charge is 0.0354 e. The van der Waals surface area contributed by atoms with Crippen molar-refractivity contribution >= 4 is 11.8 Å². The van der Waals surface area contributed by atoms with Crippen LogP contribution in [0.15, 0.2) is 30.3 Å². The van der Waals surface area contributed by atoms with Gasteiger partial charge in [-0.2, -0.15) is 0 Å². The van der Waals surface area contributed by atoms with Crippen LogP contribution in [0.1, 0.15) is 33.3 Å². The molecule has 0 fully saturated rings. The molecule has 0 amide bonds. The first-order chi connectivity index (χ1) is 6.02. The van der Waals surface area contributed by atoms with Crippen LogP contribution in [-0.2, 0) is 4.75 Å². The Labute approximate surface area is 85.7 Å². The number of hydrogen-bond donors (Lipinski definition) is 0. The molecule has 1 heteroatoms. The van der Waals surface area contributed by atoms with E-state index in [1.54, 1.807) is 0 Å². The van der Waals surface area contributed by atoms with Gasteiger partial charge in [0.2, 0.25) is 0 Å². The van der Waals surface area contributed by atoms with Gasteiger partial charge in [-0.25, -0.2) is 0 Å². The lowest BCUT2D eigenvalue weighted by atomic mass is 10.0. The predicted molar refractivity (Wildman–Crippen MR) is 62.2 cm³/mol. The van der Waals surface area contributed by atoms with Crippen LogP contribution < -0.4 is 0 Å². The van der Waals surface area contributed by atoms with Crippen LogP contribution in [-0.4, -0.2) is 5.25 Å². The third kappa shape index (κ3) is 3.07. The van der Waals surface area contributed by atoms with Crippen LogP contribution in [0, 0.1) is 0 Å². The SMILES string of the molecule is CC(C)SC(C)(C)c1ccccc1. The second-order valence-corrected chi connectivity index (χ2v) is 6.24. The Bertz CT molecular complexity index is 249. The minimum atomic E-state index is 0.232. The highest BCUT2D eigenvalue weighted by molar-refractivity contribution is 8.00. The van der Waals surface area contributed by atoms with Crippen LogP contribution in [0.4, 0.5) is 0 Å². The van der Waals surface area contributed by atoms with Crippen LogP contribution in [0.2, 0.25) is 0 Å².